The maximum atomic E-state index is 9.78. The zero-order chi connectivity index (χ0) is 14.5. The fraction of sp³-hybridized carbons (Fsp3) is 0.111. The Labute approximate surface area is 128 Å². The van der Waals surface area contributed by atoms with Crippen LogP contribution in [0, 0.1) is 0 Å². The highest BCUT2D eigenvalue weighted by Gasteiger charge is 2.01. The lowest BCUT2D eigenvalue weighted by Gasteiger charge is -2.07. The SMILES string of the molecule is Oc1cccc2cc(SCCOc3ccccc3)ccc12. The van der Waals surface area contributed by atoms with Crippen LogP contribution in [-0.4, -0.2) is 17.5 Å². The first-order chi connectivity index (χ1) is 10.3. The van der Waals surface area contributed by atoms with Gasteiger partial charge in [-0.15, -0.1) is 11.8 Å². The van der Waals surface area contributed by atoms with Crippen LogP contribution in [0.25, 0.3) is 10.8 Å². The van der Waals surface area contributed by atoms with Crippen LogP contribution in [-0.2, 0) is 0 Å². The number of thioether (sulfide) groups is 1. The van der Waals surface area contributed by atoms with Gasteiger partial charge in [0.05, 0.1) is 6.61 Å². The summed E-state index contributed by atoms with van der Waals surface area (Å²) >= 11 is 1.75. The Bertz CT molecular complexity index is 726. The number of benzene rings is 3. The highest BCUT2D eigenvalue weighted by molar-refractivity contribution is 7.99. The molecule has 0 unspecified atom stereocenters. The van der Waals surface area contributed by atoms with E-state index in [0.717, 1.165) is 22.3 Å². The van der Waals surface area contributed by atoms with E-state index in [1.807, 2.05) is 54.6 Å². The Morgan fingerprint density at radius 3 is 2.62 bits per heavy atom. The van der Waals surface area contributed by atoms with E-state index in [9.17, 15) is 5.11 Å². The molecule has 21 heavy (non-hydrogen) atoms. The maximum Gasteiger partial charge on any atom is 0.123 e. The summed E-state index contributed by atoms with van der Waals surface area (Å²) < 4.78 is 5.67. The minimum atomic E-state index is 0.330. The Hall–Kier alpha value is -2.13. The third kappa shape index (κ3) is 3.50. The molecule has 0 amide bonds. The number of phenols is 1. The molecule has 106 valence electrons. The Kier molecular flexibility index (Phi) is 4.31. The van der Waals surface area contributed by atoms with Crippen molar-refractivity contribution in [3.63, 3.8) is 0 Å². The van der Waals surface area contributed by atoms with Gasteiger partial charge < -0.3 is 9.84 Å². The highest BCUT2D eigenvalue weighted by Crippen LogP contribution is 2.28. The van der Waals surface area contributed by atoms with E-state index >= 15 is 0 Å². The summed E-state index contributed by atoms with van der Waals surface area (Å²) in [5.41, 5.74) is 0. The summed E-state index contributed by atoms with van der Waals surface area (Å²) in [5.74, 6) is 2.12. The van der Waals surface area contributed by atoms with Crippen LogP contribution >= 0.6 is 11.8 Å². The molecule has 0 radical (unpaired) electrons. The van der Waals surface area contributed by atoms with Gasteiger partial charge in [0.15, 0.2) is 0 Å². The van der Waals surface area contributed by atoms with Gasteiger partial charge in [0.25, 0.3) is 0 Å². The minimum Gasteiger partial charge on any atom is -0.507 e. The molecule has 0 heterocycles. The molecule has 0 spiro atoms. The molecular formula is C18H16O2S. The summed E-state index contributed by atoms with van der Waals surface area (Å²) in [7, 11) is 0. The molecule has 0 saturated heterocycles. The van der Waals surface area contributed by atoms with Gasteiger partial charge in [-0.3, -0.25) is 0 Å². The van der Waals surface area contributed by atoms with Crippen molar-refractivity contribution < 1.29 is 9.84 Å². The molecule has 3 rings (SSSR count). The molecule has 0 saturated carbocycles. The number of ether oxygens (including phenoxy) is 1. The van der Waals surface area contributed by atoms with Crippen LogP contribution in [0.5, 0.6) is 11.5 Å². The van der Waals surface area contributed by atoms with Crippen molar-refractivity contribution in [2.45, 2.75) is 4.90 Å². The zero-order valence-corrected chi connectivity index (χ0v) is 12.3. The van der Waals surface area contributed by atoms with Crippen molar-refractivity contribution in [2.75, 3.05) is 12.4 Å². The first-order valence-corrected chi connectivity index (χ1v) is 7.84. The maximum absolute atomic E-state index is 9.78. The van der Waals surface area contributed by atoms with Crippen LogP contribution in [0.3, 0.4) is 0 Å². The van der Waals surface area contributed by atoms with Gasteiger partial charge in [-0.05, 0) is 41.8 Å². The van der Waals surface area contributed by atoms with Gasteiger partial charge in [0, 0.05) is 16.0 Å². The smallest absolute Gasteiger partial charge is 0.123 e. The number of hydrogen-bond donors (Lipinski definition) is 1. The van der Waals surface area contributed by atoms with Crippen LogP contribution < -0.4 is 4.74 Å². The third-order valence-electron chi connectivity index (χ3n) is 3.19. The Balaban J connectivity index is 1.58. The van der Waals surface area contributed by atoms with Crippen LogP contribution in [0.4, 0.5) is 0 Å². The zero-order valence-electron chi connectivity index (χ0n) is 11.5. The summed E-state index contributed by atoms with van der Waals surface area (Å²) in [6.45, 7) is 0.673. The highest BCUT2D eigenvalue weighted by atomic mass is 32.2. The molecule has 0 aliphatic carbocycles. The standard InChI is InChI=1S/C18H16O2S/c19-18-8-4-5-14-13-16(9-10-17(14)18)21-12-11-20-15-6-2-1-3-7-15/h1-10,13,19H,11-12H2. The molecule has 0 aromatic heterocycles. The fourth-order valence-corrected chi connectivity index (χ4v) is 2.95. The number of fused-ring (bicyclic) bond motifs is 1. The second-order valence-electron chi connectivity index (χ2n) is 4.67. The van der Waals surface area contributed by atoms with Gasteiger partial charge in [-0.2, -0.15) is 0 Å². The van der Waals surface area contributed by atoms with E-state index in [-0.39, 0.29) is 0 Å². The summed E-state index contributed by atoms with van der Waals surface area (Å²) in [4.78, 5) is 1.18. The molecule has 3 heteroatoms. The van der Waals surface area contributed by atoms with E-state index in [4.69, 9.17) is 4.74 Å². The lowest BCUT2D eigenvalue weighted by atomic mass is 10.1. The van der Waals surface area contributed by atoms with Crippen LogP contribution in [0.15, 0.2) is 71.6 Å². The first kappa shape index (κ1) is 13.8. The van der Waals surface area contributed by atoms with E-state index in [2.05, 4.69) is 6.07 Å². The largest absolute Gasteiger partial charge is 0.507 e. The number of aromatic hydroxyl groups is 1. The first-order valence-electron chi connectivity index (χ1n) is 6.85. The molecule has 0 atom stereocenters. The Morgan fingerprint density at radius 2 is 1.76 bits per heavy atom. The molecule has 0 bridgehead atoms. The van der Waals surface area contributed by atoms with Gasteiger partial charge in [-0.1, -0.05) is 30.3 Å². The number of phenolic OH excluding ortho intramolecular Hbond substituents is 1. The molecule has 1 N–H and O–H groups in total. The average molecular weight is 296 g/mol. The molecule has 3 aromatic rings. The van der Waals surface area contributed by atoms with Crippen molar-refractivity contribution in [1.29, 1.82) is 0 Å². The van der Waals surface area contributed by atoms with E-state index in [0.29, 0.717) is 12.4 Å². The number of para-hydroxylation sites is 1. The monoisotopic (exact) mass is 296 g/mol. The normalized spacial score (nSPS) is 10.7. The average Bonchev–Trinajstić information content (AvgIpc) is 2.53. The fourth-order valence-electron chi connectivity index (χ4n) is 2.17. The van der Waals surface area contributed by atoms with E-state index in [1.54, 1.807) is 17.8 Å². The van der Waals surface area contributed by atoms with Gasteiger partial charge >= 0.3 is 0 Å². The molecule has 0 fully saturated rings. The van der Waals surface area contributed by atoms with E-state index in [1.165, 1.54) is 4.90 Å². The van der Waals surface area contributed by atoms with Crippen molar-refractivity contribution in [3.8, 4) is 11.5 Å². The molecule has 3 aromatic carbocycles. The molecular weight excluding hydrogens is 280 g/mol. The van der Waals surface area contributed by atoms with Crippen molar-refractivity contribution in [3.05, 3.63) is 66.7 Å². The third-order valence-corrected chi connectivity index (χ3v) is 4.15. The second kappa shape index (κ2) is 6.55. The predicted octanol–water partition coefficient (Wildman–Crippen LogP) is 4.72. The van der Waals surface area contributed by atoms with Crippen molar-refractivity contribution in [1.82, 2.24) is 0 Å². The number of hydrogen-bond acceptors (Lipinski definition) is 3. The molecule has 0 aliphatic rings. The van der Waals surface area contributed by atoms with Crippen LogP contribution in [0.2, 0.25) is 0 Å². The topological polar surface area (TPSA) is 29.5 Å². The van der Waals surface area contributed by atoms with Crippen LogP contribution in [0.1, 0.15) is 0 Å². The summed E-state index contributed by atoms with van der Waals surface area (Å²) in [5, 5.41) is 11.7. The second-order valence-corrected chi connectivity index (χ2v) is 5.84. The predicted molar refractivity (Wildman–Crippen MR) is 88.3 cm³/mol. The number of rotatable bonds is 5. The van der Waals surface area contributed by atoms with E-state index < -0.39 is 0 Å². The lowest BCUT2D eigenvalue weighted by Crippen LogP contribution is -1.99. The Morgan fingerprint density at radius 1 is 0.905 bits per heavy atom. The van der Waals surface area contributed by atoms with Gasteiger partial charge in [0.2, 0.25) is 0 Å². The summed E-state index contributed by atoms with van der Waals surface area (Å²) in [6, 6.07) is 21.5. The van der Waals surface area contributed by atoms with Gasteiger partial charge in [0.1, 0.15) is 11.5 Å². The minimum absolute atomic E-state index is 0.330. The van der Waals surface area contributed by atoms with Crippen molar-refractivity contribution >= 4 is 22.5 Å². The molecule has 0 aliphatic heterocycles. The molecule has 2 nitrogen and oxygen atoms in total. The summed E-state index contributed by atoms with van der Waals surface area (Å²) in [6.07, 6.45) is 0. The van der Waals surface area contributed by atoms with Gasteiger partial charge in [-0.25, -0.2) is 0 Å². The van der Waals surface area contributed by atoms with Crippen molar-refractivity contribution in [2.24, 2.45) is 0 Å². The lowest BCUT2D eigenvalue weighted by molar-refractivity contribution is 0.344. The quantitative estimate of drug-likeness (QED) is 0.546.